The molecule has 0 saturated carbocycles. The zero-order chi connectivity index (χ0) is 18.9. The summed E-state index contributed by atoms with van der Waals surface area (Å²) in [7, 11) is 1.86. The number of nitrogens with one attached hydrogen (secondary N) is 2. The van der Waals surface area contributed by atoms with E-state index in [1.807, 2.05) is 38.2 Å². The topological polar surface area (TPSA) is 70.2 Å². The van der Waals surface area contributed by atoms with E-state index in [9.17, 15) is 4.79 Å². The van der Waals surface area contributed by atoms with Gasteiger partial charge in [-0.05, 0) is 57.0 Å². The largest absolute Gasteiger partial charge is 0.477 e. The number of carbonyl (C=O) groups excluding carboxylic acids is 1. The lowest BCUT2D eigenvalue weighted by atomic mass is 9.90. The maximum Gasteiger partial charge on any atom is 0.266 e. The highest BCUT2D eigenvalue weighted by Gasteiger charge is 2.44. The van der Waals surface area contributed by atoms with Crippen molar-refractivity contribution in [3.05, 3.63) is 46.8 Å². The summed E-state index contributed by atoms with van der Waals surface area (Å²) in [6.45, 7) is 4.13. The van der Waals surface area contributed by atoms with Crippen molar-refractivity contribution in [3.8, 4) is 5.75 Å². The zero-order valence-electron chi connectivity index (χ0n) is 16.2. The van der Waals surface area contributed by atoms with Crippen molar-refractivity contribution >= 4 is 5.91 Å². The molecule has 0 atom stereocenters. The third-order valence-electron chi connectivity index (χ3n) is 5.76. The molecule has 2 N–H and O–H groups in total. The van der Waals surface area contributed by atoms with Gasteiger partial charge in [-0.15, -0.1) is 0 Å². The highest BCUT2D eigenvalue weighted by Crippen LogP contribution is 2.30. The summed E-state index contributed by atoms with van der Waals surface area (Å²) >= 11 is 0. The van der Waals surface area contributed by atoms with Gasteiger partial charge in [0.25, 0.3) is 5.91 Å². The quantitative estimate of drug-likeness (QED) is 0.850. The van der Waals surface area contributed by atoms with Crippen molar-refractivity contribution in [2.24, 2.45) is 0 Å². The number of nitrogens with zero attached hydrogens (tertiary/aromatic N) is 2. The van der Waals surface area contributed by atoms with Gasteiger partial charge in [-0.25, -0.2) is 0 Å². The van der Waals surface area contributed by atoms with Crippen LogP contribution in [0.1, 0.15) is 41.8 Å². The molecule has 0 spiro atoms. The minimum Gasteiger partial charge on any atom is -0.477 e. The summed E-state index contributed by atoms with van der Waals surface area (Å²) in [6, 6.07) is 7.94. The first-order valence-electron chi connectivity index (χ1n) is 9.84. The van der Waals surface area contributed by atoms with Crippen molar-refractivity contribution in [1.29, 1.82) is 0 Å². The number of ether oxygens (including phenoxy) is 1. The number of likely N-dealkylation sites (N-methyl/N-ethyl adjacent to an activating group) is 1. The van der Waals surface area contributed by atoms with E-state index in [1.165, 1.54) is 23.2 Å². The molecule has 6 heteroatoms. The standard InChI is InChI=1S/C21H28N4O2/c1-15-6-8-16(9-7-15)27-21(10-12-22-13-11-21)20(26)25(2)14-19-17-4-3-5-18(17)23-24-19/h6-9,22H,3-5,10-14H2,1-2H3,(H,23,24). The van der Waals surface area contributed by atoms with Crippen LogP contribution in [0.5, 0.6) is 5.75 Å². The van der Waals surface area contributed by atoms with Gasteiger partial charge in [0.2, 0.25) is 0 Å². The Balaban J connectivity index is 1.53. The highest BCUT2D eigenvalue weighted by atomic mass is 16.5. The molecule has 2 aliphatic rings. The third-order valence-corrected chi connectivity index (χ3v) is 5.76. The number of hydrogen-bond acceptors (Lipinski definition) is 4. The van der Waals surface area contributed by atoms with Gasteiger partial charge in [0, 0.05) is 25.6 Å². The molecule has 1 aromatic carbocycles. The maximum atomic E-state index is 13.5. The fourth-order valence-corrected chi connectivity index (χ4v) is 4.19. The monoisotopic (exact) mass is 368 g/mol. The number of amides is 1. The first-order valence-corrected chi connectivity index (χ1v) is 9.84. The molecular weight excluding hydrogens is 340 g/mol. The molecule has 0 bridgehead atoms. The number of hydrogen-bond donors (Lipinski definition) is 2. The summed E-state index contributed by atoms with van der Waals surface area (Å²) in [5, 5.41) is 10.9. The Kier molecular flexibility index (Phi) is 4.91. The molecular formula is C21H28N4O2. The van der Waals surface area contributed by atoms with E-state index in [1.54, 1.807) is 4.90 Å². The summed E-state index contributed by atoms with van der Waals surface area (Å²) in [5.74, 6) is 0.796. The predicted octanol–water partition coefficient (Wildman–Crippen LogP) is 2.37. The molecule has 0 unspecified atom stereocenters. The van der Waals surface area contributed by atoms with Crippen LogP contribution in [-0.2, 0) is 24.2 Å². The predicted molar refractivity (Wildman–Crippen MR) is 104 cm³/mol. The van der Waals surface area contributed by atoms with E-state index in [4.69, 9.17) is 4.74 Å². The molecule has 6 nitrogen and oxygen atoms in total. The number of aromatic nitrogens is 2. The Labute approximate surface area is 160 Å². The second-order valence-electron chi connectivity index (χ2n) is 7.80. The average Bonchev–Trinajstić information content (AvgIpc) is 3.29. The fraction of sp³-hybridized carbons (Fsp3) is 0.524. The molecule has 144 valence electrons. The van der Waals surface area contributed by atoms with Gasteiger partial charge in [-0.1, -0.05) is 17.7 Å². The van der Waals surface area contributed by atoms with Crippen molar-refractivity contribution in [1.82, 2.24) is 20.4 Å². The number of fused-ring (bicyclic) bond motifs is 1. The van der Waals surface area contributed by atoms with Crippen LogP contribution in [0.4, 0.5) is 0 Å². The third kappa shape index (κ3) is 3.58. The fourth-order valence-electron chi connectivity index (χ4n) is 4.19. The number of piperidine rings is 1. The molecule has 0 radical (unpaired) electrons. The van der Waals surface area contributed by atoms with Crippen LogP contribution in [0.3, 0.4) is 0 Å². The number of carbonyl (C=O) groups is 1. The highest BCUT2D eigenvalue weighted by molar-refractivity contribution is 5.85. The Hall–Kier alpha value is -2.34. The number of aromatic amines is 1. The van der Waals surface area contributed by atoms with Crippen molar-refractivity contribution in [3.63, 3.8) is 0 Å². The number of aryl methyl sites for hydroxylation is 2. The Bertz CT molecular complexity index is 806. The van der Waals surface area contributed by atoms with Gasteiger partial charge < -0.3 is 15.0 Å². The van der Waals surface area contributed by atoms with Gasteiger partial charge in [0.1, 0.15) is 5.75 Å². The summed E-state index contributed by atoms with van der Waals surface area (Å²) in [4.78, 5) is 15.2. The Morgan fingerprint density at radius 2 is 1.96 bits per heavy atom. The first kappa shape index (κ1) is 18.0. The summed E-state index contributed by atoms with van der Waals surface area (Å²) in [5.41, 5.74) is 3.90. The molecule has 1 aromatic heterocycles. The lowest BCUT2D eigenvalue weighted by Gasteiger charge is -2.39. The molecule has 1 saturated heterocycles. The maximum absolute atomic E-state index is 13.5. The van der Waals surface area contributed by atoms with E-state index in [2.05, 4.69) is 15.5 Å². The second-order valence-corrected chi connectivity index (χ2v) is 7.80. The van der Waals surface area contributed by atoms with Crippen molar-refractivity contribution in [2.75, 3.05) is 20.1 Å². The van der Waals surface area contributed by atoms with Gasteiger partial charge in [0.05, 0.1) is 12.2 Å². The summed E-state index contributed by atoms with van der Waals surface area (Å²) in [6.07, 6.45) is 4.62. The molecule has 2 heterocycles. The smallest absolute Gasteiger partial charge is 0.266 e. The minimum atomic E-state index is -0.811. The van der Waals surface area contributed by atoms with Crippen LogP contribution in [-0.4, -0.2) is 46.7 Å². The van der Waals surface area contributed by atoms with Crippen molar-refractivity contribution in [2.45, 2.75) is 51.2 Å². The van der Waals surface area contributed by atoms with Crippen LogP contribution < -0.4 is 10.1 Å². The molecule has 1 aliphatic carbocycles. The molecule has 27 heavy (non-hydrogen) atoms. The second kappa shape index (κ2) is 7.35. The zero-order valence-corrected chi connectivity index (χ0v) is 16.2. The van der Waals surface area contributed by atoms with E-state index in [-0.39, 0.29) is 5.91 Å². The normalized spacial score (nSPS) is 18.1. The van der Waals surface area contributed by atoms with Crippen LogP contribution in [0.2, 0.25) is 0 Å². The Morgan fingerprint density at radius 3 is 2.70 bits per heavy atom. The van der Waals surface area contributed by atoms with Crippen LogP contribution in [0, 0.1) is 6.92 Å². The lowest BCUT2D eigenvalue weighted by Crippen LogP contribution is -2.56. The molecule has 1 amide bonds. The van der Waals surface area contributed by atoms with E-state index in [0.29, 0.717) is 19.4 Å². The van der Waals surface area contributed by atoms with Gasteiger partial charge >= 0.3 is 0 Å². The van der Waals surface area contributed by atoms with Crippen LogP contribution in [0.25, 0.3) is 0 Å². The molecule has 4 rings (SSSR count). The Morgan fingerprint density at radius 1 is 1.22 bits per heavy atom. The molecule has 2 aromatic rings. The van der Waals surface area contributed by atoms with E-state index in [0.717, 1.165) is 37.4 Å². The number of benzene rings is 1. The van der Waals surface area contributed by atoms with Crippen LogP contribution >= 0.6 is 0 Å². The van der Waals surface area contributed by atoms with Gasteiger partial charge in [-0.3, -0.25) is 9.89 Å². The van der Waals surface area contributed by atoms with Crippen molar-refractivity contribution < 1.29 is 9.53 Å². The van der Waals surface area contributed by atoms with E-state index < -0.39 is 5.60 Å². The first-order chi connectivity index (χ1) is 13.1. The van der Waals surface area contributed by atoms with E-state index >= 15 is 0 Å². The van der Waals surface area contributed by atoms with Crippen LogP contribution in [0.15, 0.2) is 24.3 Å². The number of rotatable bonds is 5. The number of H-pyrrole nitrogens is 1. The average molecular weight is 368 g/mol. The van der Waals surface area contributed by atoms with Gasteiger partial charge in [-0.2, -0.15) is 5.10 Å². The SMILES string of the molecule is Cc1ccc(OC2(C(=O)N(C)Cc3n[nH]c4c3CCC4)CCNCC2)cc1. The molecule has 1 fully saturated rings. The summed E-state index contributed by atoms with van der Waals surface area (Å²) < 4.78 is 6.33. The minimum absolute atomic E-state index is 0.0410. The molecule has 1 aliphatic heterocycles. The lowest BCUT2D eigenvalue weighted by molar-refractivity contribution is -0.150. The van der Waals surface area contributed by atoms with Gasteiger partial charge in [0.15, 0.2) is 5.60 Å².